The Morgan fingerprint density at radius 1 is 0.525 bits per heavy atom. The third-order valence-corrected chi connectivity index (χ3v) is 10.3. The van der Waals surface area contributed by atoms with Gasteiger partial charge in [0.15, 0.2) is 0 Å². The van der Waals surface area contributed by atoms with E-state index in [1.165, 1.54) is 77.0 Å². The summed E-state index contributed by atoms with van der Waals surface area (Å²) in [6, 6.07) is -0.731. The Bertz CT molecular complexity index is 1190. The molecule has 0 heterocycles. The second-order valence-corrected chi connectivity index (χ2v) is 15.9. The van der Waals surface area contributed by atoms with Crippen LogP contribution in [0, 0.1) is 0 Å². The van der Waals surface area contributed by atoms with Gasteiger partial charge in [0.05, 0.1) is 25.2 Å². The van der Waals surface area contributed by atoms with Gasteiger partial charge in [0.25, 0.3) is 0 Å². The minimum atomic E-state index is -0.813. The average Bonchev–Trinajstić information content (AvgIpc) is 3.23. The van der Waals surface area contributed by atoms with Gasteiger partial charge in [0.2, 0.25) is 5.91 Å². The van der Waals surface area contributed by atoms with E-state index >= 15 is 0 Å². The topological polar surface area (TPSA) is 95.9 Å². The van der Waals surface area contributed by atoms with Crippen LogP contribution >= 0.6 is 0 Å². The normalized spacial score (nSPS) is 14.2. The predicted octanol–water partition coefficient (Wildman–Crippen LogP) is 14.2. The van der Waals surface area contributed by atoms with Gasteiger partial charge in [-0.15, -0.1) is 0 Å². The van der Waals surface area contributed by atoms with Crippen molar-refractivity contribution in [2.45, 2.75) is 219 Å². The van der Waals surface area contributed by atoms with E-state index in [0.717, 1.165) is 77.0 Å². The minimum Gasteiger partial charge on any atom is -0.462 e. The lowest BCUT2D eigenvalue weighted by atomic mass is 10.0. The maximum absolute atomic E-state index is 13.2. The molecule has 3 atom stereocenters. The Labute approximate surface area is 363 Å². The number of amides is 1. The van der Waals surface area contributed by atoms with Crippen molar-refractivity contribution in [3.05, 3.63) is 97.2 Å². The largest absolute Gasteiger partial charge is 0.462 e. The molecule has 6 nitrogen and oxygen atoms in total. The molecular weight excluding hydrogens is 731 g/mol. The van der Waals surface area contributed by atoms with Crippen molar-refractivity contribution in [2.75, 3.05) is 6.61 Å². The van der Waals surface area contributed by atoms with Crippen LogP contribution in [0.5, 0.6) is 0 Å². The molecule has 1 amide bonds. The van der Waals surface area contributed by atoms with Gasteiger partial charge in [0, 0.05) is 6.42 Å². The van der Waals surface area contributed by atoms with Gasteiger partial charge < -0.3 is 20.3 Å². The third-order valence-electron chi connectivity index (χ3n) is 10.3. The van der Waals surface area contributed by atoms with E-state index in [9.17, 15) is 19.8 Å². The van der Waals surface area contributed by atoms with E-state index in [1.54, 1.807) is 0 Å². The zero-order valence-electron chi connectivity index (χ0n) is 38.1. The monoisotopic (exact) mass is 820 g/mol. The Balaban J connectivity index is 4.78. The van der Waals surface area contributed by atoms with Gasteiger partial charge in [-0.3, -0.25) is 9.59 Å². The van der Waals surface area contributed by atoms with Crippen LogP contribution < -0.4 is 5.32 Å². The molecule has 0 radical (unpaired) electrons. The number of ether oxygens (including phenoxy) is 1. The van der Waals surface area contributed by atoms with E-state index in [2.05, 4.69) is 62.5 Å². The van der Waals surface area contributed by atoms with Crippen molar-refractivity contribution in [2.24, 2.45) is 0 Å². The first-order valence-corrected chi connectivity index (χ1v) is 24.0. The fraction of sp³-hybridized carbons (Fsp3) is 0.660. The summed E-state index contributed by atoms with van der Waals surface area (Å²) in [7, 11) is 0. The molecule has 0 aromatic heterocycles. The van der Waals surface area contributed by atoms with Gasteiger partial charge in [-0.05, 0) is 64.2 Å². The number of aliphatic hydroxyl groups excluding tert-OH is 2. The maximum Gasteiger partial charge on any atom is 0.306 e. The Hall–Kier alpha value is -3.22. The molecule has 6 heteroatoms. The molecular formula is C53H89NO5. The zero-order valence-corrected chi connectivity index (χ0v) is 38.1. The van der Waals surface area contributed by atoms with Gasteiger partial charge in [-0.2, -0.15) is 0 Å². The maximum atomic E-state index is 13.2. The summed E-state index contributed by atoms with van der Waals surface area (Å²) in [5.41, 5.74) is 0. The molecule has 0 saturated carbocycles. The molecule has 0 aliphatic rings. The summed E-state index contributed by atoms with van der Waals surface area (Å²) in [4.78, 5) is 26.1. The van der Waals surface area contributed by atoms with E-state index < -0.39 is 18.2 Å². The first kappa shape index (κ1) is 55.8. The van der Waals surface area contributed by atoms with Crippen LogP contribution in [0.25, 0.3) is 0 Å². The minimum absolute atomic E-state index is 0.0179. The highest BCUT2D eigenvalue weighted by molar-refractivity contribution is 5.77. The first-order valence-electron chi connectivity index (χ1n) is 24.0. The molecule has 0 saturated heterocycles. The van der Waals surface area contributed by atoms with Crippen LogP contribution in [0.15, 0.2) is 97.2 Å². The van der Waals surface area contributed by atoms with Gasteiger partial charge in [-0.25, -0.2) is 0 Å². The van der Waals surface area contributed by atoms with Crippen molar-refractivity contribution >= 4 is 11.9 Å². The molecule has 0 spiro atoms. The number of allylic oxidation sites excluding steroid dienone is 16. The molecule has 0 aromatic carbocycles. The Morgan fingerprint density at radius 3 is 1.59 bits per heavy atom. The second-order valence-electron chi connectivity index (χ2n) is 15.9. The average molecular weight is 820 g/mol. The predicted molar refractivity (Wildman–Crippen MR) is 254 cm³/mol. The number of carbonyl (C=O) groups excluding carboxylic acids is 2. The molecule has 0 fully saturated rings. The first-order chi connectivity index (χ1) is 29.0. The van der Waals surface area contributed by atoms with Crippen molar-refractivity contribution in [3.8, 4) is 0 Å². The van der Waals surface area contributed by atoms with Crippen molar-refractivity contribution in [1.29, 1.82) is 0 Å². The van der Waals surface area contributed by atoms with Gasteiger partial charge >= 0.3 is 5.97 Å². The number of aliphatic hydroxyl groups is 2. The smallest absolute Gasteiger partial charge is 0.306 e. The summed E-state index contributed by atoms with van der Waals surface area (Å²) in [5, 5.41) is 23.7. The van der Waals surface area contributed by atoms with Crippen LogP contribution in [-0.4, -0.2) is 46.9 Å². The number of esters is 1. The highest BCUT2D eigenvalue weighted by atomic mass is 16.5. The van der Waals surface area contributed by atoms with Crippen molar-refractivity contribution in [3.63, 3.8) is 0 Å². The summed E-state index contributed by atoms with van der Waals surface area (Å²) in [5.74, 6) is -0.568. The highest BCUT2D eigenvalue weighted by Crippen LogP contribution is 2.16. The number of nitrogens with one attached hydrogen (secondary N) is 1. The standard InChI is InChI=1S/C53H89NO5/c1-4-7-10-13-16-19-22-24-26-27-30-32-35-38-41-44-49(59-53(58)46-43-40-37-34-31-28-25-23-20-17-14-11-8-5-2)47-52(57)54-50(48-55)51(56)45-42-39-36-33-29-21-18-15-12-9-6-3/h7-8,10-11,13,16-17,19-20,22,24,26-27,30,32,35,49-51,55-56H,4-6,9,12,14-15,18,21,23,25,28-29,31,33-34,36-48H2,1-3H3,(H,54,57)/b10-7-,11-8+,16-13+,20-17+,22-19+,26-24-,30-27+,35-32+. The summed E-state index contributed by atoms with van der Waals surface area (Å²) >= 11 is 0. The molecule has 3 N–H and O–H groups in total. The summed E-state index contributed by atoms with van der Waals surface area (Å²) in [6.45, 7) is 6.18. The number of hydrogen-bond donors (Lipinski definition) is 3. The van der Waals surface area contributed by atoms with E-state index in [1.807, 2.05) is 60.8 Å². The van der Waals surface area contributed by atoms with E-state index in [-0.39, 0.29) is 24.9 Å². The van der Waals surface area contributed by atoms with Gasteiger partial charge in [0.1, 0.15) is 6.10 Å². The molecule has 0 rings (SSSR count). The SMILES string of the molecule is CC\C=C/C=C/C=C/C=C\C=C\C=C\CCCC(CC(=O)NC(CO)C(O)CCCCCCCCCCCCC)OC(=O)CCCCCCCCC/C=C/C/C=C/CC. The molecule has 59 heavy (non-hydrogen) atoms. The molecule has 0 aliphatic carbocycles. The van der Waals surface area contributed by atoms with Crippen LogP contribution in [0.4, 0.5) is 0 Å². The quantitative estimate of drug-likeness (QED) is 0.0247. The molecule has 336 valence electrons. The van der Waals surface area contributed by atoms with Crippen molar-refractivity contribution < 1.29 is 24.5 Å². The molecule has 0 aromatic rings. The van der Waals surface area contributed by atoms with Crippen LogP contribution in [0.1, 0.15) is 201 Å². The fourth-order valence-corrected chi connectivity index (χ4v) is 6.74. The molecule has 3 unspecified atom stereocenters. The lowest BCUT2D eigenvalue weighted by molar-refractivity contribution is -0.151. The lowest BCUT2D eigenvalue weighted by Crippen LogP contribution is -2.46. The number of rotatable bonds is 41. The number of hydrogen-bond acceptors (Lipinski definition) is 5. The number of unbranched alkanes of at least 4 members (excludes halogenated alkanes) is 18. The Kier molecular flexibility index (Phi) is 43.4. The van der Waals surface area contributed by atoms with Crippen molar-refractivity contribution in [1.82, 2.24) is 5.32 Å². The van der Waals surface area contributed by atoms with Crippen LogP contribution in [0.2, 0.25) is 0 Å². The molecule has 0 bridgehead atoms. The zero-order chi connectivity index (χ0) is 43.1. The third kappa shape index (κ3) is 41.3. The molecule has 0 aliphatic heterocycles. The Morgan fingerprint density at radius 2 is 1.02 bits per heavy atom. The lowest BCUT2D eigenvalue weighted by Gasteiger charge is -2.24. The van der Waals surface area contributed by atoms with Crippen LogP contribution in [-0.2, 0) is 14.3 Å². The summed E-state index contributed by atoms with van der Waals surface area (Å²) in [6.07, 6.45) is 60.4. The van der Waals surface area contributed by atoms with E-state index in [0.29, 0.717) is 19.3 Å². The fourth-order valence-electron chi connectivity index (χ4n) is 6.74. The van der Waals surface area contributed by atoms with Crippen LogP contribution in [0.3, 0.4) is 0 Å². The summed E-state index contributed by atoms with van der Waals surface area (Å²) < 4.78 is 5.88. The highest BCUT2D eigenvalue weighted by Gasteiger charge is 2.24. The second kappa shape index (κ2) is 45.9. The van der Waals surface area contributed by atoms with Gasteiger partial charge in [-0.1, -0.05) is 221 Å². The van der Waals surface area contributed by atoms with E-state index in [4.69, 9.17) is 4.74 Å². The number of carbonyl (C=O) groups is 2.